The number of methoxy groups -OCH3 is 1. The second-order valence-corrected chi connectivity index (χ2v) is 20.2. The number of benzene rings is 1. The molecule has 6 N–H and O–H groups in total. The van der Waals surface area contributed by atoms with E-state index >= 15 is 0 Å². The molecule has 0 bridgehead atoms. The van der Waals surface area contributed by atoms with Crippen molar-refractivity contribution in [3.05, 3.63) is 42.5 Å². The van der Waals surface area contributed by atoms with E-state index in [0.29, 0.717) is 23.2 Å². The van der Waals surface area contributed by atoms with Crippen molar-refractivity contribution in [3.63, 3.8) is 0 Å². The third-order valence-electron chi connectivity index (χ3n) is 11.0. The summed E-state index contributed by atoms with van der Waals surface area (Å²) in [7, 11) is 1.71. The van der Waals surface area contributed by atoms with Crippen LogP contribution in [0.4, 0.5) is 0 Å². The molecule has 4 unspecified atom stereocenters. The second kappa shape index (κ2) is 35.7. The molecule has 1 aromatic carbocycles. The van der Waals surface area contributed by atoms with E-state index in [4.69, 9.17) is 26.7 Å². The fourth-order valence-corrected chi connectivity index (χ4v) is 7.47. The smallest absolute Gasteiger partial charge is 0.306 e. The Morgan fingerprint density at radius 2 is 1.22 bits per heavy atom. The number of carbonyl (C=O) groups excluding carboxylic acids is 1. The van der Waals surface area contributed by atoms with Gasteiger partial charge < -0.3 is 26.7 Å². The van der Waals surface area contributed by atoms with Crippen LogP contribution < -0.4 is 21.9 Å². The SMILES string of the molecule is C=CC(C)(CC)CC(C)C.CC.CCC.CCC(C)(C)C(OC(=O)CC(C)C)C(C)(C)CC(C)N.CCC(C)(CC(C)(C)CCCN)c1ccc(OC)cc1.CCCN. The van der Waals surface area contributed by atoms with Gasteiger partial charge in [0, 0.05) is 23.3 Å². The Bertz CT molecular complexity index is 1110. The average molecular weight is 836 g/mol. The lowest BCUT2D eigenvalue weighted by molar-refractivity contribution is -0.168. The normalized spacial score (nSPS) is 14.3. The minimum Gasteiger partial charge on any atom is -0.497 e. The molecule has 6 nitrogen and oxygen atoms in total. The molecule has 0 aliphatic carbocycles. The summed E-state index contributed by atoms with van der Waals surface area (Å²) in [5.41, 5.74) is 18.8. The summed E-state index contributed by atoms with van der Waals surface area (Å²) in [5, 5.41) is 0. The summed E-state index contributed by atoms with van der Waals surface area (Å²) in [5.74, 6) is 1.94. The maximum Gasteiger partial charge on any atom is 0.306 e. The zero-order valence-electron chi connectivity index (χ0n) is 44.1. The van der Waals surface area contributed by atoms with Crippen LogP contribution in [-0.2, 0) is 14.9 Å². The molecule has 6 heteroatoms. The van der Waals surface area contributed by atoms with Gasteiger partial charge in [-0.1, -0.05) is 163 Å². The molecule has 0 radical (unpaired) electrons. The Hall–Kier alpha value is -1.89. The van der Waals surface area contributed by atoms with Crippen molar-refractivity contribution in [1.82, 2.24) is 0 Å². The summed E-state index contributed by atoms with van der Waals surface area (Å²) in [4.78, 5) is 12.1. The Morgan fingerprint density at radius 3 is 1.51 bits per heavy atom. The van der Waals surface area contributed by atoms with Crippen LogP contribution >= 0.6 is 0 Å². The predicted molar refractivity (Wildman–Crippen MR) is 267 cm³/mol. The molecule has 0 aliphatic heterocycles. The summed E-state index contributed by atoms with van der Waals surface area (Å²) >= 11 is 0. The lowest BCUT2D eigenvalue weighted by atomic mass is 9.67. The van der Waals surface area contributed by atoms with Crippen molar-refractivity contribution < 1.29 is 14.3 Å². The van der Waals surface area contributed by atoms with Gasteiger partial charge in [-0.2, -0.15) is 0 Å². The van der Waals surface area contributed by atoms with Gasteiger partial charge in [-0.3, -0.25) is 4.79 Å². The van der Waals surface area contributed by atoms with Gasteiger partial charge in [0.2, 0.25) is 0 Å². The van der Waals surface area contributed by atoms with Gasteiger partial charge in [-0.15, -0.1) is 6.58 Å². The molecule has 4 atom stereocenters. The lowest BCUT2D eigenvalue weighted by Gasteiger charge is -2.44. The van der Waals surface area contributed by atoms with Gasteiger partial charge in [0.25, 0.3) is 0 Å². The Kier molecular flexibility index (Phi) is 40.0. The van der Waals surface area contributed by atoms with E-state index in [0.717, 1.165) is 56.9 Å². The van der Waals surface area contributed by atoms with E-state index in [1.54, 1.807) is 7.11 Å². The molecule has 0 saturated carbocycles. The highest BCUT2D eigenvalue weighted by Gasteiger charge is 2.43. The van der Waals surface area contributed by atoms with Gasteiger partial charge in [0.05, 0.1) is 7.11 Å². The van der Waals surface area contributed by atoms with Gasteiger partial charge in [-0.25, -0.2) is 0 Å². The highest BCUT2D eigenvalue weighted by atomic mass is 16.5. The van der Waals surface area contributed by atoms with Gasteiger partial charge in [0.15, 0.2) is 0 Å². The van der Waals surface area contributed by atoms with E-state index in [1.165, 1.54) is 37.7 Å². The van der Waals surface area contributed by atoms with Crippen LogP contribution in [0.1, 0.15) is 222 Å². The fourth-order valence-electron chi connectivity index (χ4n) is 7.47. The number of allylic oxidation sites excluding steroid dienone is 1. The Morgan fingerprint density at radius 1 is 0.746 bits per heavy atom. The molecule has 0 fully saturated rings. The standard InChI is InChI=1S/C18H31NO.C17H35NO2.C10H20.C3H9N.C3H8.C2H6/c1-6-18(4,14-17(2,3)12-7-13-19)15-8-10-16(20-5)11-9-15;1-9-16(5,6)15(17(7,8)11-13(4)18)20-14(19)10-12(2)3;1-6-10(5,7-2)8-9(3)4;1-2-3-4;1-3-2;1-2/h8-11H,6-7,12-14,19H2,1-5H3;12-13,15H,9-11,18H2,1-8H3;6,9H,1,7-8H2,2-5H3;2-4H2,1H3;3H2,1-2H3;1-2H3. The molecule has 0 heterocycles. The molecule has 1 aromatic rings. The van der Waals surface area contributed by atoms with Crippen LogP contribution in [0.25, 0.3) is 0 Å². The quantitative estimate of drug-likeness (QED) is 0.0839. The Labute approximate surface area is 371 Å². The molecule has 1 rings (SSSR count). The van der Waals surface area contributed by atoms with E-state index in [2.05, 4.69) is 148 Å². The number of ether oxygens (including phenoxy) is 2. The third kappa shape index (κ3) is 33.4. The zero-order chi connectivity index (χ0) is 47.7. The topological polar surface area (TPSA) is 114 Å². The molecule has 0 amide bonds. The number of carbonyl (C=O) groups is 1. The van der Waals surface area contributed by atoms with E-state index in [1.807, 2.05) is 34.6 Å². The second-order valence-electron chi connectivity index (χ2n) is 20.2. The molecule has 0 spiro atoms. The number of esters is 1. The van der Waals surface area contributed by atoms with E-state index in [-0.39, 0.29) is 34.4 Å². The zero-order valence-corrected chi connectivity index (χ0v) is 44.1. The van der Waals surface area contributed by atoms with Crippen molar-refractivity contribution >= 4 is 5.97 Å². The first-order valence-corrected chi connectivity index (χ1v) is 23.8. The van der Waals surface area contributed by atoms with Crippen LogP contribution in [0.5, 0.6) is 5.75 Å². The van der Waals surface area contributed by atoms with Crippen LogP contribution in [0.3, 0.4) is 0 Å². The predicted octanol–water partition coefficient (Wildman–Crippen LogP) is 15.1. The average Bonchev–Trinajstić information content (AvgIpc) is 3.16. The number of hydrogen-bond donors (Lipinski definition) is 3. The number of rotatable bonds is 21. The maximum atomic E-state index is 12.1. The molecular weight excluding hydrogens is 727 g/mol. The largest absolute Gasteiger partial charge is 0.497 e. The van der Waals surface area contributed by atoms with Gasteiger partial charge >= 0.3 is 5.97 Å². The summed E-state index contributed by atoms with van der Waals surface area (Å²) in [6, 6.07) is 8.65. The van der Waals surface area contributed by atoms with Crippen molar-refractivity contribution in [2.45, 2.75) is 234 Å². The van der Waals surface area contributed by atoms with Crippen molar-refractivity contribution in [3.8, 4) is 5.75 Å². The Balaban J connectivity index is -0.000000232. The van der Waals surface area contributed by atoms with Gasteiger partial charge in [-0.05, 0) is 124 Å². The molecule has 354 valence electrons. The first kappa shape index (κ1) is 66.2. The summed E-state index contributed by atoms with van der Waals surface area (Å²) in [6.07, 6.45) is 13.7. The first-order chi connectivity index (χ1) is 27.2. The molecule has 0 aliphatic rings. The van der Waals surface area contributed by atoms with Crippen LogP contribution in [-0.4, -0.2) is 38.3 Å². The number of nitrogens with two attached hydrogens (primary N) is 3. The van der Waals surface area contributed by atoms with Crippen molar-refractivity contribution in [2.75, 3.05) is 20.2 Å². The highest BCUT2D eigenvalue weighted by molar-refractivity contribution is 5.70. The maximum absolute atomic E-state index is 12.1. The highest BCUT2D eigenvalue weighted by Crippen LogP contribution is 2.43. The molecule has 0 aromatic heterocycles. The summed E-state index contributed by atoms with van der Waals surface area (Å²) in [6.45, 7) is 51.0. The fraction of sp³-hybridized carbons (Fsp3) is 0.830. The third-order valence-corrected chi connectivity index (χ3v) is 11.0. The first-order valence-electron chi connectivity index (χ1n) is 23.8. The minimum absolute atomic E-state index is 0.0506. The molecular formula is C53H109N3O3. The van der Waals surface area contributed by atoms with Crippen LogP contribution in [0.2, 0.25) is 0 Å². The van der Waals surface area contributed by atoms with E-state index < -0.39 is 0 Å². The van der Waals surface area contributed by atoms with Crippen molar-refractivity contribution in [2.24, 2.45) is 50.7 Å². The molecule has 0 saturated heterocycles. The van der Waals surface area contributed by atoms with Crippen molar-refractivity contribution in [1.29, 1.82) is 0 Å². The minimum atomic E-state index is -0.125. The van der Waals surface area contributed by atoms with Crippen LogP contribution in [0.15, 0.2) is 36.9 Å². The van der Waals surface area contributed by atoms with E-state index in [9.17, 15) is 4.79 Å². The van der Waals surface area contributed by atoms with Crippen LogP contribution in [0, 0.1) is 33.5 Å². The summed E-state index contributed by atoms with van der Waals surface area (Å²) < 4.78 is 11.1. The van der Waals surface area contributed by atoms with Gasteiger partial charge in [0.1, 0.15) is 11.9 Å². The monoisotopic (exact) mass is 836 g/mol. The number of hydrogen-bond acceptors (Lipinski definition) is 6. The molecule has 59 heavy (non-hydrogen) atoms. The lowest BCUT2D eigenvalue weighted by Crippen LogP contribution is -2.46.